The van der Waals surface area contributed by atoms with E-state index in [9.17, 15) is 8.42 Å². The first-order valence-corrected chi connectivity index (χ1v) is 8.45. The third kappa shape index (κ3) is 2.63. The zero-order valence-corrected chi connectivity index (χ0v) is 13.0. The Hall–Kier alpha value is -0.390. The molecule has 1 heterocycles. The molecule has 0 aliphatic carbocycles. The molecular weight excluding hydrogens is 314 g/mol. The van der Waals surface area contributed by atoms with E-state index in [0.29, 0.717) is 4.90 Å². The normalized spacial score (nSPS) is 26.2. The predicted molar refractivity (Wildman–Crippen MR) is 75.9 cm³/mol. The minimum absolute atomic E-state index is 0.0812. The summed E-state index contributed by atoms with van der Waals surface area (Å²) in [4.78, 5) is 0.373. The van der Waals surface area contributed by atoms with Crippen molar-refractivity contribution in [3.05, 3.63) is 28.7 Å². The van der Waals surface area contributed by atoms with Gasteiger partial charge in [0.25, 0.3) is 0 Å². The highest BCUT2D eigenvalue weighted by Crippen LogP contribution is 2.30. The van der Waals surface area contributed by atoms with Gasteiger partial charge in [-0.3, -0.25) is 0 Å². The van der Waals surface area contributed by atoms with Crippen molar-refractivity contribution in [2.24, 2.45) is 0 Å². The summed E-state index contributed by atoms with van der Waals surface area (Å²) >= 11 is 3.33. The van der Waals surface area contributed by atoms with Crippen LogP contribution in [0.1, 0.15) is 33.1 Å². The van der Waals surface area contributed by atoms with Gasteiger partial charge in [-0.2, -0.15) is 4.31 Å². The standard InChI is InChI=1S/C13H18BrNO2S/c1-10-5-3-6-11(2)15(10)18(16,17)13-8-4-7-12(14)9-13/h4,7-11H,3,5-6H2,1-2H3/t10-,11+. The minimum Gasteiger partial charge on any atom is -0.207 e. The van der Waals surface area contributed by atoms with E-state index in [4.69, 9.17) is 0 Å². The summed E-state index contributed by atoms with van der Waals surface area (Å²) in [6, 6.07) is 7.09. The Labute approximate surface area is 117 Å². The van der Waals surface area contributed by atoms with Gasteiger partial charge in [0.05, 0.1) is 4.90 Å². The molecule has 2 atom stereocenters. The molecule has 0 aromatic heterocycles. The maximum absolute atomic E-state index is 12.7. The molecule has 1 aromatic rings. The lowest BCUT2D eigenvalue weighted by Crippen LogP contribution is -2.47. The summed E-state index contributed by atoms with van der Waals surface area (Å²) in [5, 5.41) is 0. The van der Waals surface area contributed by atoms with E-state index in [0.717, 1.165) is 23.7 Å². The Bertz CT molecular complexity index is 520. The summed E-state index contributed by atoms with van der Waals surface area (Å²) in [5.41, 5.74) is 0. The molecule has 0 spiro atoms. The van der Waals surface area contributed by atoms with Gasteiger partial charge >= 0.3 is 0 Å². The van der Waals surface area contributed by atoms with Crippen LogP contribution in [0.5, 0.6) is 0 Å². The number of piperidine rings is 1. The smallest absolute Gasteiger partial charge is 0.207 e. The first-order chi connectivity index (χ1) is 8.43. The molecule has 100 valence electrons. The lowest BCUT2D eigenvalue weighted by molar-refractivity contribution is 0.204. The number of benzene rings is 1. The quantitative estimate of drug-likeness (QED) is 0.832. The van der Waals surface area contributed by atoms with Crippen LogP contribution in [-0.2, 0) is 10.0 Å². The molecule has 0 bridgehead atoms. The van der Waals surface area contributed by atoms with E-state index in [2.05, 4.69) is 15.9 Å². The summed E-state index contributed by atoms with van der Waals surface area (Å²) in [6.45, 7) is 3.98. The van der Waals surface area contributed by atoms with E-state index < -0.39 is 10.0 Å². The summed E-state index contributed by atoms with van der Waals surface area (Å²) in [5.74, 6) is 0. The molecule has 0 N–H and O–H groups in total. The number of hydrogen-bond acceptors (Lipinski definition) is 2. The third-order valence-corrected chi connectivity index (χ3v) is 6.10. The number of sulfonamides is 1. The molecular formula is C13H18BrNO2S. The van der Waals surface area contributed by atoms with Crippen molar-refractivity contribution in [2.45, 2.75) is 50.1 Å². The van der Waals surface area contributed by atoms with Crippen LogP contribution in [-0.4, -0.2) is 24.8 Å². The summed E-state index contributed by atoms with van der Waals surface area (Å²) in [7, 11) is -3.38. The van der Waals surface area contributed by atoms with Crippen LogP contribution in [0.4, 0.5) is 0 Å². The minimum atomic E-state index is -3.38. The molecule has 2 rings (SSSR count). The van der Waals surface area contributed by atoms with Crippen molar-refractivity contribution in [1.82, 2.24) is 4.31 Å². The van der Waals surface area contributed by atoms with Crippen LogP contribution in [0.3, 0.4) is 0 Å². The Morgan fingerprint density at radius 2 is 1.83 bits per heavy atom. The Morgan fingerprint density at radius 3 is 2.39 bits per heavy atom. The first-order valence-electron chi connectivity index (χ1n) is 6.22. The highest BCUT2D eigenvalue weighted by molar-refractivity contribution is 9.10. The second-order valence-corrected chi connectivity index (χ2v) is 7.68. The van der Waals surface area contributed by atoms with Gasteiger partial charge in [0.15, 0.2) is 0 Å². The second-order valence-electron chi connectivity index (χ2n) is 4.92. The maximum atomic E-state index is 12.7. The van der Waals surface area contributed by atoms with Crippen LogP contribution in [0.15, 0.2) is 33.6 Å². The van der Waals surface area contributed by atoms with Gasteiger partial charge in [0.1, 0.15) is 0 Å². The fourth-order valence-electron chi connectivity index (χ4n) is 2.62. The van der Waals surface area contributed by atoms with Crippen molar-refractivity contribution < 1.29 is 8.42 Å². The highest BCUT2D eigenvalue weighted by atomic mass is 79.9. The molecule has 0 radical (unpaired) electrons. The Kier molecular flexibility index (Phi) is 4.14. The molecule has 0 unspecified atom stereocenters. The maximum Gasteiger partial charge on any atom is 0.243 e. The van der Waals surface area contributed by atoms with Gasteiger partial charge < -0.3 is 0 Å². The molecule has 5 heteroatoms. The van der Waals surface area contributed by atoms with Gasteiger partial charge in [-0.1, -0.05) is 28.4 Å². The van der Waals surface area contributed by atoms with Gasteiger partial charge in [-0.15, -0.1) is 0 Å². The molecule has 1 fully saturated rings. The van der Waals surface area contributed by atoms with E-state index in [1.807, 2.05) is 19.9 Å². The fourth-order valence-corrected chi connectivity index (χ4v) is 5.10. The average Bonchev–Trinajstić information content (AvgIpc) is 2.28. The number of rotatable bonds is 2. The Morgan fingerprint density at radius 1 is 1.22 bits per heavy atom. The lowest BCUT2D eigenvalue weighted by atomic mass is 10.0. The zero-order chi connectivity index (χ0) is 13.3. The Balaban J connectivity index is 2.41. The summed E-state index contributed by atoms with van der Waals surface area (Å²) in [6.07, 6.45) is 2.99. The molecule has 1 aliphatic heterocycles. The molecule has 3 nitrogen and oxygen atoms in total. The van der Waals surface area contributed by atoms with E-state index >= 15 is 0 Å². The van der Waals surface area contributed by atoms with Gasteiger partial charge in [-0.25, -0.2) is 8.42 Å². The van der Waals surface area contributed by atoms with Crippen LogP contribution < -0.4 is 0 Å². The van der Waals surface area contributed by atoms with Crippen LogP contribution in [0.25, 0.3) is 0 Å². The molecule has 0 amide bonds. The predicted octanol–water partition coefficient (Wildman–Crippen LogP) is 3.40. The van der Waals surface area contributed by atoms with Crippen LogP contribution >= 0.6 is 15.9 Å². The topological polar surface area (TPSA) is 37.4 Å². The van der Waals surface area contributed by atoms with Crippen molar-refractivity contribution in [2.75, 3.05) is 0 Å². The van der Waals surface area contributed by atoms with E-state index in [1.54, 1.807) is 22.5 Å². The highest BCUT2D eigenvalue weighted by Gasteiger charge is 2.35. The second kappa shape index (κ2) is 5.31. The van der Waals surface area contributed by atoms with Gasteiger partial charge in [0, 0.05) is 16.6 Å². The van der Waals surface area contributed by atoms with Crippen LogP contribution in [0.2, 0.25) is 0 Å². The number of halogens is 1. The monoisotopic (exact) mass is 331 g/mol. The lowest BCUT2D eigenvalue weighted by Gasteiger charge is -2.37. The van der Waals surface area contributed by atoms with Gasteiger partial charge in [-0.05, 0) is 44.9 Å². The molecule has 1 saturated heterocycles. The largest absolute Gasteiger partial charge is 0.243 e. The van der Waals surface area contributed by atoms with E-state index in [1.165, 1.54) is 0 Å². The van der Waals surface area contributed by atoms with Crippen molar-refractivity contribution in [3.63, 3.8) is 0 Å². The number of nitrogens with zero attached hydrogens (tertiary/aromatic N) is 1. The third-order valence-electron chi connectivity index (χ3n) is 3.48. The van der Waals surface area contributed by atoms with Crippen molar-refractivity contribution >= 4 is 26.0 Å². The molecule has 0 saturated carbocycles. The zero-order valence-electron chi connectivity index (χ0n) is 10.6. The SMILES string of the molecule is C[C@@H]1CCC[C@H](C)N1S(=O)(=O)c1cccc(Br)c1. The van der Waals surface area contributed by atoms with Crippen LogP contribution in [0, 0.1) is 0 Å². The summed E-state index contributed by atoms with van der Waals surface area (Å²) < 4.78 is 27.8. The van der Waals surface area contributed by atoms with Crippen molar-refractivity contribution in [3.8, 4) is 0 Å². The van der Waals surface area contributed by atoms with Gasteiger partial charge in [0.2, 0.25) is 10.0 Å². The molecule has 1 aliphatic rings. The number of hydrogen-bond donors (Lipinski definition) is 0. The van der Waals surface area contributed by atoms with E-state index in [-0.39, 0.29) is 12.1 Å². The van der Waals surface area contributed by atoms with Crippen molar-refractivity contribution in [1.29, 1.82) is 0 Å². The molecule has 18 heavy (non-hydrogen) atoms. The fraction of sp³-hybridized carbons (Fsp3) is 0.538. The molecule has 1 aromatic carbocycles. The first kappa shape index (κ1) is 14.0. The average molecular weight is 332 g/mol.